The van der Waals surface area contributed by atoms with Gasteiger partial charge >= 0.3 is 12.4 Å². The summed E-state index contributed by atoms with van der Waals surface area (Å²) in [4.78, 5) is 25.3. The molecule has 4 aliphatic rings. The van der Waals surface area contributed by atoms with Gasteiger partial charge in [0.1, 0.15) is 0 Å². The van der Waals surface area contributed by atoms with Gasteiger partial charge in [-0.25, -0.2) is 0 Å². The number of carbonyl (C=O) groups is 2. The third-order valence-electron chi connectivity index (χ3n) is 9.91. The molecule has 1 heterocycles. The van der Waals surface area contributed by atoms with E-state index in [2.05, 4.69) is 17.6 Å². The van der Waals surface area contributed by atoms with Crippen LogP contribution >= 0.6 is 0 Å². The highest BCUT2D eigenvalue weighted by Gasteiger charge is 2.61. The van der Waals surface area contributed by atoms with Crippen molar-refractivity contribution in [3.63, 3.8) is 0 Å². The van der Waals surface area contributed by atoms with E-state index in [-0.39, 0.29) is 23.3 Å². The van der Waals surface area contributed by atoms with Crippen molar-refractivity contribution in [1.29, 1.82) is 0 Å². The summed E-state index contributed by atoms with van der Waals surface area (Å²) in [6.07, 6.45) is -1.73. The average molecular weight is 529 g/mol. The highest BCUT2D eigenvalue weighted by atomic mass is 19.4. The lowest BCUT2D eigenvalue weighted by molar-refractivity contribution is -0.141. The van der Waals surface area contributed by atoms with Gasteiger partial charge in [0.25, 0.3) is 0 Å². The van der Waals surface area contributed by atoms with Crippen molar-refractivity contribution >= 4 is 17.5 Å². The van der Waals surface area contributed by atoms with Crippen LogP contribution < -0.4 is 10.6 Å². The van der Waals surface area contributed by atoms with E-state index in [1.165, 1.54) is 0 Å². The minimum atomic E-state index is -4.91. The van der Waals surface area contributed by atoms with Gasteiger partial charge in [0, 0.05) is 17.4 Å². The van der Waals surface area contributed by atoms with Gasteiger partial charge in [-0.1, -0.05) is 19.9 Å². The van der Waals surface area contributed by atoms with E-state index < -0.39 is 46.4 Å². The van der Waals surface area contributed by atoms with Gasteiger partial charge in [0.2, 0.25) is 11.8 Å². The molecule has 0 radical (unpaired) electrons. The Kier molecular flexibility index (Phi) is 5.99. The summed E-state index contributed by atoms with van der Waals surface area (Å²) in [7, 11) is 0. The molecule has 5 rings (SSSR count). The zero-order chi connectivity index (χ0) is 27.0. The largest absolute Gasteiger partial charge is 0.418 e. The Bertz CT molecular complexity index is 1140. The summed E-state index contributed by atoms with van der Waals surface area (Å²) in [5, 5.41) is 5.33. The zero-order valence-electron chi connectivity index (χ0n) is 20.6. The van der Waals surface area contributed by atoms with E-state index in [4.69, 9.17) is 0 Å². The van der Waals surface area contributed by atoms with Crippen LogP contribution in [0.1, 0.15) is 63.5 Å². The molecule has 0 spiro atoms. The maximum Gasteiger partial charge on any atom is 0.418 e. The van der Waals surface area contributed by atoms with Crippen LogP contribution in [0.25, 0.3) is 0 Å². The SMILES string of the molecule is C[C@]12C=CC(=O)N[C@H]1CC[C@@H]1[C@@H]2CC[C@]2(C)[C@@H](C(=O)Nc3cc(C(F)(F)F)ccc3C(F)(F)F)CC[C@@H]12. The lowest BCUT2D eigenvalue weighted by Gasteiger charge is -2.58. The Morgan fingerprint density at radius 2 is 1.70 bits per heavy atom. The molecule has 37 heavy (non-hydrogen) atoms. The highest BCUT2D eigenvalue weighted by Crippen LogP contribution is 2.65. The number of nitrogens with one attached hydrogen (secondary N) is 2. The summed E-state index contributed by atoms with van der Waals surface area (Å²) in [6.45, 7) is 4.17. The Hall–Kier alpha value is -2.52. The van der Waals surface area contributed by atoms with Crippen molar-refractivity contribution in [2.75, 3.05) is 5.32 Å². The number of hydrogen-bond acceptors (Lipinski definition) is 2. The first-order chi connectivity index (χ1) is 17.1. The maximum atomic E-state index is 13.6. The summed E-state index contributed by atoms with van der Waals surface area (Å²) >= 11 is 0. The fourth-order valence-corrected chi connectivity index (χ4v) is 8.06. The van der Waals surface area contributed by atoms with Crippen molar-refractivity contribution in [2.45, 2.75) is 70.8 Å². The van der Waals surface area contributed by atoms with E-state index in [0.29, 0.717) is 42.9 Å². The molecule has 0 saturated heterocycles. The zero-order valence-corrected chi connectivity index (χ0v) is 20.6. The van der Waals surface area contributed by atoms with E-state index in [1.807, 2.05) is 13.0 Å². The van der Waals surface area contributed by atoms with E-state index >= 15 is 0 Å². The fourth-order valence-electron chi connectivity index (χ4n) is 8.06. The predicted molar refractivity (Wildman–Crippen MR) is 124 cm³/mol. The number of rotatable bonds is 2. The molecule has 4 nitrogen and oxygen atoms in total. The number of anilines is 1. The van der Waals surface area contributed by atoms with Crippen LogP contribution in [0.15, 0.2) is 30.4 Å². The molecule has 202 valence electrons. The lowest BCUT2D eigenvalue weighted by atomic mass is 9.48. The number of hydrogen-bond donors (Lipinski definition) is 2. The molecule has 1 aliphatic heterocycles. The Morgan fingerprint density at radius 1 is 0.973 bits per heavy atom. The van der Waals surface area contributed by atoms with Gasteiger partial charge in [-0.05, 0) is 86.0 Å². The van der Waals surface area contributed by atoms with Gasteiger partial charge in [0.15, 0.2) is 0 Å². The molecule has 0 unspecified atom stereocenters. The topological polar surface area (TPSA) is 58.2 Å². The van der Waals surface area contributed by atoms with Crippen molar-refractivity contribution in [1.82, 2.24) is 5.32 Å². The van der Waals surface area contributed by atoms with E-state index in [9.17, 15) is 35.9 Å². The molecule has 3 saturated carbocycles. The van der Waals surface area contributed by atoms with E-state index in [1.54, 1.807) is 6.08 Å². The molecule has 10 heteroatoms. The van der Waals surface area contributed by atoms with Crippen LogP contribution in [0.2, 0.25) is 0 Å². The first-order valence-corrected chi connectivity index (χ1v) is 12.7. The Balaban J connectivity index is 1.40. The number of amides is 2. The monoisotopic (exact) mass is 528 g/mol. The average Bonchev–Trinajstić information content (AvgIpc) is 3.15. The number of halogens is 6. The van der Waals surface area contributed by atoms with Gasteiger partial charge in [-0.15, -0.1) is 0 Å². The third-order valence-corrected chi connectivity index (χ3v) is 9.91. The number of carbonyl (C=O) groups excluding carboxylic acids is 2. The van der Waals surface area contributed by atoms with Gasteiger partial charge in [-0.3, -0.25) is 9.59 Å². The van der Waals surface area contributed by atoms with Crippen LogP contribution in [0.3, 0.4) is 0 Å². The van der Waals surface area contributed by atoms with Crippen molar-refractivity contribution < 1.29 is 35.9 Å². The Labute approximate surface area is 211 Å². The lowest BCUT2D eigenvalue weighted by Crippen LogP contribution is -2.59. The molecule has 1 aromatic carbocycles. The van der Waals surface area contributed by atoms with Crippen LogP contribution in [-0.4, -0.2) is 17.9 Å². The minimum absolute atomic E-state index is 0.0535. The standard InChI is InChI=1S/C27H30F6N2O2/c1-24-11-9-17-15(4-8-21-25(17,2)12-10-22(36)35-21)16(24)6-7-19(24)23(37)34-20-13-14(26(28,29)30)3-5-18(20)27(31,32)33/h3,5,10,12-13,15-17,19,21H,4,6-9,11H2,1-2H3,(H,34,37)(H,35,36)/t15-,16-,17-,19+,21-,24-,25+/m0/s1. The first kappa shape index (κ1) is 26.1. The number of fused-ring (bicyclic) bond motifs is 5. The first-order valence-electron chi connectivity index (χ1n) is 12.7. The van der Waals surface area contributed by atoms with E-state index in [0.717, 1.165) is 25.7 Å². The summed E-state index contributed by atoms with van der Waals surface area (Å²) < 4.78 is 80.4. The highest BCUT2D eigenvalue weighted by molar-refractivity contribution is 5.94. The van der Waals surface area contributed by atoms with Gasteiger partial charge in [0.05, 0.1) is 16.8 Å². The summed E-state index contributed by atoms with van der Waals surface area (Å²) in [5.74, 6) is -0.555. The minimum Gasteiger partial charge on any atom is -0.349 e. The second kappa shape index (κ2) is 8.50. The van der Waals surface area contributed by atoms with Crippen LogP contribution in [0.5, 0.6) is 0 Å². The molecule has 0 bridgehead atoms. The van der Waals surface area contributed by atoms with Crippen molar-refractivity contribution in [3.05, 3.63) is 41.5 Å². The normalized spacial score (nSPS) is 37.3. The maximum absolute atomic E-state index is 13.6. The smallest absolute Gasteiger partial charge is 0.349 e. The Morgan fingerprint density at radius 3 is 2.38 bits per heavy atom. The van der Waals surface area contributed by atoms with Crippen LogP contribution in [0, 0.1) is 34.5 Å². The van der Waals surface area contributed by atoms with Gasteiger partial charge in [-0.2, -0.15) is 26.3 Å². The molecule has 3 fully saturated rings. The second-order valence-corrected chi connectivity index (χ2v) is 11.6. The summed E-state index contributed by atoms with van der Waals surface area (Å²) in [6, 6.07) is 1.18. The van der Waals surface area contributed by atoms with Crippen molar-refractivity contribution in [3.8, 4) is 0 Å². The quantitative estimate of drug-likeness (QED) is 0.427. The molecule has 2 N–H and O–H groups in total. The predicted octanol–water partition coefficient (Wildman–Crippen LogP) is 6.58. The van der Waals surface area contributed by atoms with Crippen LogP contribution in [-0.2, 0) is 21.9 Å². The molecule has 1 aromatic rings. The number of benzene rings is 1. The third kappa shape index (κ3) is 4.24. The second-order valence-electron chi connectivity index (χ2n) is 11.6. The molecule has 7 atom stereocenters. The molecular weight excluding hydrogens is 498 g/mol. The molecule has 3 aliphatic carbocycles. The fraction of sp³-hybridized carbons (Fsp3) is 0.630. The molecule has 0 aromatic heterocycles. The molecular formula is C27H30F6N2O2. The number of alkyl halides is 6. The summed E-state index contributed by atoms with van der Waals surface area (Å²) in [5.41, 5.74) is -4.06. The van der Waals surface area contributed by atoms with Gasteiger partial charge < -0.3 is 10.6 Å². The molecule has 2 amide bonds. The van der Waals surface area contributed by atoms with Crippen molar-refractivity contribution in [2.24, 2.45) is 34.5 Å². The van der Waals surface area contributed by atoms with Crippen LogP contribution in [0.4, 0.5) is 32.0 Å².